The molecular weight excluding hydrogens is 380 g/mol. The molecule has 0 unspecified atom stereocenters. The van der Waals surface area contributed by atoms with Crippen molar-refractivity contribution in [2.75, 3.05) is 5.75 Å². The number of carbonyl (C=O) groups is 1. The summed E-state index contributed by atoms with van der Waals surface area (Å²) >= 11 is 7.51. The number of thioether (sulfide) groups is 1. The number of rotatable bonds is 5. The number of halogens is 1. The van der Waals surface area contributed by atoms with Gasteiger partial charge in [-0.15, -0.1) is 10.2 Å². The van der Waals surface area contributed by atoms with Crippen LogP contribution in [0.25, 0.3) is 5.69 Å². The Balaban J connectivity index is 1.24. The first-order valence-corrected chi connectivity index (χ1v) is 11.0. The molecule has 0 aliphatic heterocycles. The molecule has 1 amide bonds. The highest BCUT2D eigenvalue weighted by Gasteiger charge is 2.51. The van der Waals surface area contributed by atoms with E-state index in [2.05, 4.69) is 15.5 Å². The van der Waals surface area contributed by atoms with Crippen LogP contribution in [0.4, 0.5) is 0 Å². The quantitative estimate of drug-likeness (QED) is 0.765. The fourth-order valence-corrected chi connectivity index (χ4v) is 6.76. The topological polar surface area (TPSA) is 59.8 Å². The van der Waals surface area contributed by atoms with Gasteiger partial charge in [0.1, 0.15) is 6.33 Å². The Morgan fingerprint density at radius 3 is 2.59 bits per heavy atom. The summed E-state index contributed by atoms with van der Waals surface area (Å²) in [5.74, 6) is 2.96. The highest BCUT2D eigenvalue weighted by molar-refractivity contribution is 7.99. The van der Waals surface area contributed by atoms with E-state index in [1.807, 2.05) is 28.8 Å². The molecule has 1 heterocycles. The van der Waals surface area contributed by atoms with Gasteiger partial charge < -0.3 is 5.32 Å². The molecule has 7 heteroatoms. The number of benzene rings is 1. The van der Waals surface area contributed by atoms with Gasteiger partial charge in [0, 0.05) is 10.6 Å². The van der Waals surface area contributed by atoms with Gasteiger partial charge in [-0.1, -0.05) is 29.4 Å². The monoisotopic (exact) mass is 402 g/mol. The zero-order valence-electron chi connectivity index (χ0n) is 15.1. The van der Waals surface area contributed by atoms with Gasteiger partial charge in [0.25, 0.3) is 0 Å². The standard InChI is InChI=1S/C20H23ClN4OS/c21-16-2-1-3-17(7-16)25-12-22-24-19(25)27-11-18(26)23-20-8-13-4-14(9-20)6-15(5-13)10-20/h1-3,7,12-15H,4-6,8-11H2,(H,23,26). The zero-order valence-corrected chi connectivity index (χ0v) is 16.7. The molecule has 2 aromatic rings. The molecule has 0 saturated heterocycles. The van der Waals surface area contributed by atoms with Gasteiger partial charge in [-0.25, -0.2) is 0 Å². The maximum absolute atomic E-state index is 12.7. The van der Waals surface area contributed by atoms with Crippen LogP contribution in [0.1, 0.15) is 38.5 Å². The highest BCUT2D eigenvalue weighted by atomic mass is 35.5. The van der Waals surface area contributed by atoms with Crippen molar-refractivity contribution in [1.82, 2.24) is 20.1 Å². The summed E-state index contributed by atoms with van der Waals surface area (Å²) in [4.78, 5) is 12.7. The lowest BCUT2D eigenvalue weighted by atomic mass is 9.53. The molecule has 0 radical (unpaired) electrons. The van der Waals surface area contributed by atoms with Crippen molar-refractivity contribution in [3.63, 3.8) is 0 Å². The number of hydrogen-bond donors (Lipinski definition) is 1. The smallest absolute Gasteiger partial charge is 0.230 e. The van der Waals surface area contributed by atoms with Crippen LogP contribution >= 0.6 is 23.4 Å². The summed E-state index contributed by atoms with van der Waals surface area (Å²) in [5, 5.41) is 13.0. The Hall–Kier alpha value is -1.53. The SMILES string of the molecule is O=C(CSc1nncn1-c1cccc(Cl)c1)NC12CC3CC(CC(C3)C1)C2. The molecule has 0 spiro atoms. The van der Waals surface area contributed by atoms with E-state index in [1.165, 1.54) is 50.3 Å². The first kappa shape index (κ1) is 17.6. The fraction of sp³-hybridized carbons (Fsp3) is 0.550. The van der Waals surface area contributed by atoms with Crippen LogP contribution in [-0.4, -0.2) is 32.0 Å². The van der Waals surface area contributed by atoms with Crippen molar-refractivity contribution >= 4 is 29.3 Å². The van der Waals surface area contributed by atoms with Crippen LogP contribution in [0.15, 0.2) is 35.7 Å². The van der Waals surface area contributed by atoms with Gasteiger partial charge >= 0.3 is 0 Å². The summed E-state index contributed by atoms with van der Waals surface area (Å²) in [6.07, 6.45) is 9.33. The molecule has 4 aliphatic rings. The number of nitrogens with one attached hydrogen (secondary N) is 1. The second-order valence-corrected chi connectivity index (χ2v) is 9.88. The van der Waals surface area contributed by atoms with Crippen molar-refractivity contribution in [2.45, 2.75) is 49.2 Å². The van der Waals surface area contributed by atoms with E-state index in [0.29, 0.717) is 15.9 Å². The predicted molar refractivity (Wildman–Crippen MR) is 106 cm³/mol. The molecule has 0 atom stereocenters. The first-order chi connectivity index (χ1) is 13.1. The highest BCUT2D eigenvalue weighted by Crippen LogP contribution is 2.55. The minimum absolute atomic E-state index is 0.0625. The molecule has 4 fully saturated rings. The lowest BCUT2D eigenvalue weighted by Crippen LogP contribution is -2.60. The van der Waals surface area contributed by atoms with E-state index in [0.717, 1.165) is 23.4 Å². The Bertz CT molecular complexity index is 832. The van der Waals surface area contributed by atoms with Crippen molar-refractivity contribution in [2.24, 2.45) is 17.8 Å². The van der Waals surface area contributed by atoms with Gasteiger partial charge in [-0.2, -0.15) is 0 Å². The second-order valence-electron chi connectivity index (χ2n) is 8.50. The van der Waals surface area contributed by atoms with Crippen LogP contribution in [0.3, 0.4) is 0 Å². The van der Waals surface area contributed by atoms with E-state index in [9.17, 15) is 4.79 Å². The minimum Gasteiger partial charge on any atom is -0.350 e. The average Bonchev–Trinajstić information content (AvgIpc) is 3.07. The van der Waals surface area contributed by atoms with Gasteiger partial charge in [-0.3, -0.25) is 9.36 Å². The summed E-state index contributed by atoms with van der Waals surface area (Å²) in [7, 11) is 0. The van der Waals surface area contributed by atoms with Crippen LogP contribution in [0, 0.1) is 17.8 Å². The van der Waals surface area contributed by atoms with Crippen LogP contribution < -0.4 is 5.32 Å². The van der Waals surface area contributed by atoms with Crippen LogP contribution in [0.2, 0.25) is 5.02 Å². The lowest BCUT2D eigenvalue weighted by molar-refractivity contribution is -0.124. The van der Waals surface area contributed by atoms with E-state index >= 15 is 0 Å². The molecule has 4 bridgehead atoms. The maximum atomic E-state index is 12.7. The van der Waals surface area contributed by atoms with Crippen molar-refractivity contribution in [3.8, 4) is 5.69 Å². The zero-order chi connectivity index (χ0) is 18.4. The normalized spacial score (nSPS) is 31.2. The number of hydrogen-bond acceptors (Lipinski definition) is 4. The Morgan fingerprint density at radius 1 is 1.22 bits per heavy atom. The number of nitrogens with zero attached hydrogens (tertiary/aromatic N) is 3. The van der Waals surface area contributed by atoms with E-state index in [1.54, 1.807) is 6.33 Å². The number of amides is 1. The summed E-state index contributed by atoms with van der Waals surface area (Å²) < 4.78 is 1.87. The van der Waals surface area contributed by atoms with E-state index < -0.39 is 0 Å². The van der Waals surface area contributed by atoms with E-state index in [-0.39, 0.29) is 11.4 Å². The van der Waals surface area contributed by atoms with Gasteiger partial charge in [0.05, 0.1) is 11.4 Å². The Labute approximate surface area is 168 Å². The molecule has 4 saturated carbocycles. The van der Waals surface area contributed by atoms with Crippen molar-refractivity contribution in [3.05, 3.63) is 35.6 Å². The molecule has 142 valence electrons. The van der Waals surface area contributed by atoms with E-state index in [4.69, 9.17) is 11.6 Å². The molecule has 6 rings (SSSR count). The Morgan fingerprint density at radius 2 is 1.93 bits per heavy atom. The average molecular weight is 403 g/mol. The number of aromatic nitrogens is 3. The largest absolute Gasteiger partial charge is 0.350 e. The second kappa shape index (κ2) is 6.82. The van der Waals surface area contributed by atoms with Gasteiger partial charge in [-0.05, 0) is 74.5 Å². The Kier molecular flexibility index (Phi) is 4.43. The molecule has 1 aromatic carbocycles. The number of carbonyl (C=O) groups excluding carboxylic acids is 1. The summed E-state index contributed by atoms with van der Waals surface area (Å²) in [5.41, 5.74) is 0.962. The minimum atomic E-state index is 0.0625. The predicted octanol–water partition coefficient (Wildman–Crippen LogP) is 4.10. The summed E-state index contributed by atoms with van der Waals surface area (Å²) in [6, 6.07) is 7.55. The van der Waals surface area contributed by atoms with Crippen LogP contribution in [-0.2, 0) is 4.79 Å². The van der Waals surface area contributed by atoms with Gasteiger partial charge in [0.15, 0.2) is 5.16 Å². The fourth-order valence-electron chi connectivity index (χ4n) is 5.85. The summed E-state index contributed by atoms with van der Waals surface area (Å²) in [6.45, 7) is 0. The molecule has 4 aliphatic carbocycles. The third kappa shape index (κ3) is 3.49. The van der Waals surface area contributed by atoms with Crippen molar-refractivity contribution < 1.29 is 4.79 Å². The molecule has 1 N–H and O–H groups in total. The first-order valence-electron chi connectivity index (χ1n) is 9.68. The third-order valence-corrected chi connectivity index (χ3v) is 7.56. The van der Waals surface area contributed by atoms with Crippen LogP contribution in [0.5, 0.6) is 0 Å². The molecular formula is C20H23ClN4OS. The maximum Gasteiger partial charge on any atom is 0.230 e. The van der Waals surface area contributed by atoms with Gasteiger partial charge in [0.2, 0.25) is 5.91 Å². The van der Waals surface area contributed by atoms with Crippen molar-refractivity contribution in [1.29, 1.82) is 0 Å². The lowest BCUT2D eigenvalue weighted by Gasteiger charge is -2.56. The third-order valence-electron chi connectivity index (χ3n) is 6.38. The molecule has 27 heavy (non-hydrogen) atoms. The molecule has 5 nitrogen and oxygen atoms in total. The molecule has 1 aromatic heterocycles.